The van der Waals surface area contributed by atoms with Gasteiger partial charge in [-0.3, -0.25) is 4.98 Å². The lowest BCUT2D eigenvalue weighted by molar-refractivity contribution is 1.03. The van der Waals surface area contributed by atoms with Crippen LogP contribution >= 0.6 is 0 Å². The Morgan fingerprint density at radius 1 is 0.458 bits per heavy atom. The van der Waals surface area contributed by atoms with E-state index in [1.165, 1.54) is 66.4 Å². The van der Waals surface area contributed by atoms with Crippen LogP contribution in [-0.2, 0) is 12.8 Å². The van der Waals surface area contributed by atoms with Gasteiger partial charge in [0, 0.05) is 40.9 Å². The Morgan fingerprint density at radius 2 is 1.12 bits per heavy atom. The van der Waals surface area contributed by atoms with Gasteiger partial charge >= 0.3 is 0 Å². The van der Waals surface area contributed by atoms with Crippen LogP contribution < -0.4 is 0 Å². The van der Waals surface area contributed by atoms with Crippen molar-refractivity contribution in [2.75, 3.05) is 0 Å². The van der Waals surface area contributed by atoms with Crippen LogP contribution in [0.4, 0.5) is 0 Å². The van der Waals surface area contributed by atoms with Crippen molar-refractivity contribution in [1.29, 1.82) is 0 Å². The Kier molecular flexibility index (Phi) is 6.13. The summed E-state index contributed by atoms with van der Waals surface area (Å²) in [4.78, 5) is 14.7. The van der Waals surface area contributed by atoms with E-state index in [4.69, 9.17) is 15.0 Å². The van der Waals surface area contributed by atoms with Crippen molar-refractivity contribution in [2.45, 2.75) is 25.7 Å². The third-order valence-electron chi connectivity index (χ3n) is 10.4. The molecule has 0 bridgehead atoms. The molecule has 226 valence electrons. The molecule has 0 fully saturated rings. The quantitative estimate of drug-likeness (QED) is 0.198. The van der Waals surface area contributed by atoms with E-state index in [0.29, 0.717) is 0 Å². The second kappa shape index (κ2) is 10.8. The largest absolute Gasteiger partial charge is 0.256 e. The van der Waals surface area contributed by atoms with Crippen molar-refractivity contribution in [2.24, 2.45) is 0 Å². The first-order valence-electron chi connectivity index (χ1n) is 16.8. The highest BCUT2D eigenvalue weighted by Gasteiger charge is 2.27. The summed E-state index contributed by atoms with van der Waals surface area (Å²) < 4.78 is 0. The molecule has 7 aromatic rings. The molecule has 5 aromatic carbocycles. The van der Waals surface area contributed by atoms with Gasteiger partial charge in [0.1, 0.15) is 0 Å². The first kappa shape index (κ1) is 27.2. The molecule has 0 atom stereocenters. The lowest BCUT2D eigenvalue weighted by Crippen LogP contribution is -2.02. The van der Waals surface area contributed by atoms with E-state index in [1.54, 1.807) is 0 Å². The number of fused-ring (bicyclic) bond motifs is 6. The van der Waals surface area contributed by atoms with Gasteiger partial charge in [-0.1, -0.05) is 103 Å². The number of benzene rings is 5. The van der Waals surface area contributed by atoms with Crippen LogP contribution in [0.5, 0.6) is 0 Å². The van der Waals surface area contributed by atoms with E-state index in [1.807, 2.05) is 18.6 Å². The molecule has 0 unspecified atom stereocenters. The predicted octanol–water partition coefficient (Wildman–Crippen LogP) is 10.8. The van der Waals surface area contributed by atoms with Crippen molar-refractivity contribution in [3.63, 3.8) is 0 Å². The van der Waals surface area contributed by atoms with Crippen LogP contribution in [0.3, 0.4) is 0 Å². The molecular formula is C45H31N3. The second-order valence-electron chi connectivity index (χ2n) is 13.1. The molecule has 3 aliphatic rings. The minimum Gasteiger partial charge on any atom is -0.256 e. The number of pyridine rings is 1. The van der Waals surface area contributed by atoms with E-state index in [9.17, 15) is 0 Å². The Balaban J connectivity index is 0.923. The molecule has 0 saturated heterocycles. The van der Waals surface area contributed by atoms with Gasteiger partial charge < -0.3 is 0 Å². The summed E-state index contributed by atoms with van der Waals surface area (Å²) in [6.45, 7) is 0. The summed E-state index contributed by atoms with van der Waals surface area (Å²) in [7, 11) is 0. The minimum atomic E-state index is 0.822. The van der Waals surface area contributed by atoms with E-state index in [2.05, 4.69) is 121 Å². The third kappa shape index (κ3) is 4.39. The summed E-state index contributed by atoms with van der Waals surface area (Å²) in [5.74, 6) is 0.822. The predicted molar refractivity (Wildman–Crippen MR) is 196 cm³/mol. The number of hydrogen-bond acceptors (Lipinski definition) is 3. The van der Waals surface area contributed by atoms with Crippen LogP contribution in [-0.4, -0.2) is 15.0 Å². The van der Waals surface area contributed by atoms with Crippen LogP contribution in [0.1, 0.15) is 40.9 Å². The van der Waals surface area contributed by atoms with Crippen molar-refractivity contribution in [3.05, 3.63) is 174 Å². The molecule has 0 aliphatic heterocycles. The maximum Gasteiger partial charge on any atom is 0.159 e. The van der Waals surface area contributed by atoms with Gasteiger partial charge in [-0.15, -0.1) is 0 Å². The lowest BCUT2D eigenvalue weighted by Gasteiger charge is -2.16. The van der Waals surface area contributed by atoms with Crippen LogP contribution in [0.15, 0.2) is 146 Å². The van der Waals surface area contributed by atoms with Crippen LogP contribution in [0.25, 0.3) is 66.6 Å². The average Bonchev–Trinajstić information content (AvgIpc) is 3.73. The molecule has 2 aromatic heterocycles. The number of aromatic nitrogens is 3. The zero-order valence-corrected chi connectivity index (χ0v) is 26.4. The molecule has 3 nitrogen and oxygen atoms in total. The van der Waals surface area contributed by atoms with Gasteiger partial charge in [-0.25, -0.2) is 9.97 Å². The molecule has 2 heterocycles. The molecule has 3 heteroatoms. The SMILES string of the molecule is C1=C(c2ncc(-c3ccc4ccc(-c5ccc(-c6cccc7c6Cc6ccccc6-7)nc5)cc4c3)cn2)C2=C(CC1)c1ccccc1C2. The maximum absolute atomic E-state index is 4.97. The second-order valence-corrected chi connectivity index (χ2v) is 13.1. The number of allylic oxidation sites excluding steroid dienone is 4. The fourth-order valence-electron chi connectivity index (χ4n) is 8.03. The van der Waals surface area contributed by atoms with Gasteiger partial charge in [-0.05, 0) is 110 Å². The molecule has 0 saturated carbocycles. The molecule has 3 aliphatic carbocycles. The van der Waals surface area contributed by atoms with Crippen LogP contribution in [0, 0.1) is 0 Å². The van der Waals surface area contributed by atoms with Crippen LogP contribution in [0.2, 0.25) is 0 Å². The highest BCUT2D eigenvalue weighted by atomic mass is 14.9. The van der Waals surface area contributed by atoms with Gasteiger partial charge in [0.15, 0.2) is 5.82 Å². The van der Waals surface area contributed by atoms with Gasteiger partial charge in [0.05, 0.1) is 5.69 Å². The van der Waals surface area contributed by atoms with E-state index >= 15 is 0 Å². The number of nitrogens with zero attached hydrogens (tertiary/aromatic N) is 3. The molecule has 0 radical (unpaired) electrons. The topological polar surface area (TPSA) is 38.7 Å². The normalized spacial score (nSPS) is 14.4. The average molecular weight is 614 g/mol. The van der Waals surface area contributed by atoms with Gasteiger partial charge in [0.2, 0.25) is 0 Å². The lowest BCUT2D eigenvalue weighted by atomic mass is 9.90. The molecule has 0 spiro atoms. The van der Waals surface area contributed by atoms with E-state index in [0.717, 1.165) is 59.5 Å². The fraction of sp³-hybridized carbons (Fsp3) is 0.0889. The summed E-state index contributed by atoms with van der Waals surface area (Å²) in [6.07, 6.45) is 12.3. The smallest absolute Gasteiger partial charge is 0.159 e. The fourth-order valence-corrected chi connectivity index (χ4v) is 8.03. The highest BCUT2D eigenvalue weighted by molar-refractivity contribution is 5.94. The number of rotatable bonds is 4. The van der Waals surface area contributed by atoms with Crippen molar-refractivity contribution in [3.8, 4) is 44.6 Å². The molecular weight excluding hydrogens is 583 g/mol. The monoisotopic (exact) mass is 613 g/mol. The zero-order chi connectivity index (χ0) is 31.6. The van der Waals surface area contributed by atoms with Crippen molar-refractivity contribution in [1.82, 2.24) is 15.0 Å². The van der Waals surface area contributed by atoms with E-state index in [-0.39, 0.29) is 0 Å². The Morgan fingerprint density at radius 3 is 1.92 bits per heavy atom. The molecule has 0 N–H and O–H groups in total. The van der Waals surface area contributed by atoms with Crippen molar-refractivity contribution >= 4 is 21.9 Å². The summed E-state index contributed by atoms with van der Waals surface area (Å²) in [5, 5.41) is 2.39. The minimum absolute atomic E-state index is 0.822. The Hall–Kier alpha value is -5.93. The summed E-state index contributed by atoms with van der Waals surface area (Å²) >= 11 is 0. The highest BCUT2D eigenvalue weighted by Crippen LogP contribution is 2.45. The molecule has 48 heavy (non-hydrogen) atoms. The Bertz CT molecular complexity index is 2480. The number of hydrogen-bond donors (Lipinski definition) is 0. The molecule has 0 amide bonds. The van der Waals surface area contributed by atoms with Gasteiger partial charge in [0.25, 0.3) is 0 Å². The van der Waals surface area contributed by atoms with Gasteiger partial charge in [-0.2, -0.15) is 0 Å². The summed E-state index contributed by atoms with van der Waals surface area (Å²) in [5.41, 5.74) is 19.0. The standard InChI is InChI=1S/C45H31N3/c1-3-9-36-31(7-1)23-42-38(36)11-5-13-40(42)44-20-19-33(25-46-44)29-17-15-28-16-18-30(22-34(28)21-29)35-26-47-45(48-27-35)41-14-6-12-39-37-10-4-2-8-32(37)24-43(39)41/h1-5,7-11,13-22,25-27H,6,12,23-24H2. The van der Waals surface area contributed by atoms with Crippen molar-refractivity contribution < 1.29 is 0 Å². The van der Waals surface area contributed by atoms with E-state index < -0.39 is 0 Å². The zero-order valence-electron chi connectivity index (χ0n) is 26.4. The summed E-state index contributed by atoms with van der Waals surface area (Å²) in [6, 6.07) is 41.7. The first-order chi connectivity index (χ1) is 23.8. The Labute approximate surface area is 280 Å². The first-order valence-corrected chi connectivity index (χ1v) is 16.8. The maximum atomic E-state index is 4.97. The molecule has 10 rings (SSSR count). The third-order valence-corrected chi connectivity index (χ3v) is 10.4.